The van der Waals surface area contributed by atoms with E-state index in [9.17, 15) is 0 Å². The minimum Gasteiger partial charge on any atom is -0.192 e. The van der Waals surface area contributed by atoms with Crippen LogP contribution in [-0.4, -0.2) is 19.8 Å². The Hall–Kier alpha value is -1.75. The summed E-state index contributed by atoms with van der Waals surface area (Å²) in [4.78, 5) is 0. The van der Waals surface area contributed by atoms with E-state index in [1.54, 1.807) is 10.7 Å². The quantitative estimate of drug-likeness (QED) is 0.692. The molecular weight excluding hydrogens is 280 g/mol. The smallest absolute Gasteiger partial charge is 0.186 e. The third-order valence-electron chi connectivity index (χ3n) is 2.61. The number of fused-ring (bicyclic) bond motifs is 1. The van der Waals surface area contributed by atoms with Crippen molar-refractivity contribution in [2.45, 2.75) is 6.92 Å². The lowest BCUT2D eigenvalue weighted by Gasteiger charge is -2.01. The summed E-state index contributed by atoms with van der Waals surface area (Å²) in [5, 5.41) is 12.7. The molecule has 2 heterocycles. The predicted octanol–water partition coefficient (Wildman–Crippen LogP) is 2.86. The molecule has 0 aliphatic carbocycles. The molecule has 1 aromatic carbocycles. The highest BCUT2D eigenvalue weighted by atomic mass is 79.9. The summed E-state index contributed by atoms with van der Waals surface area (Å²) in [6.07, 6.45) is 1.76. The van der Waals surface area contributed by atoms with E-state index in [0.717, 1.165) is 27.1 Å². The molecule has 0 saturated heterocycles. The first-order valence-corrected chi connectivity index (χ1v) is 5.98. The van der Waals surface area contributed by atoms with E-state index in [1.165, 1.54) is 0 Å². The summed E-state index contributed by atoms with van der Waals surface area (Å²) in [5.41, 5.74) is 2.84. The number of nitrogens with zero attached hydrogens (tertiary/aromatic N) is 4. The van der Waals surface area contributed by atoms with Crippen LogP contribution in [0.5, 0.6) is 0 Å². The van der Waals surface area contributed by atoms with Gasteiger partial charge in [0.15, 0.2) is 11.5 Å². The van der Waals surface area contributed by atoms with Gasteiger partial charge in [0.05, 0.1) is 0 Å². The number of halogens is 1. The standard InChI is InChI=1S/C12H9BrN4/c1-8-6-7-14-17-11(8)15-16-12(17)9-4-2-3-5-10(9)13/h2-7H,1H3. The van der Waals surface area contributed by atoms with Gasteiger partial charge in [0.25, 0.3) is 0 Å². The van der Waals surface area contributed by atoms with Gasteiger partial charge in [-0.15, -0.1) is 10.2 Å². The second-order valence-electron chi connectivity index (χ2n) is 3.75. The molecule has 2 aromatic heterocycles. The molecule has 4 nitrogen and oxygen atoms in total. The molecule has 0 saturated carbocycles. The molecular formula is C12H9BrN4. The van der Waals surface area contributed by atoms with Crippen molar-refractivity contribution < 1.29 is 0 Å². The van der Waals surface area contributed by atoms with Gasteiger partial charge >= 0.3 is 0 Å². The van der Waals surface area contributed by atoms with Gasteiger partial charge in [0.2, 0.25) is 0 Å². The van der Waals surface area contributed by atoms with Crippen molar-refractivity contribution in [1.29, 1.82) is 0 Å². The van der Waals surface area contributed by atoms with Gasteiger partial charge in [0, 0.05) is 16.2 Å². The topological polar surface area (TPSA) is 43.1 Å². The first-order chi connectivity index (χ1) is 8.27. The SMILES string of the molecule is Cc1ccnn2c(-c3ccccc3Br)nnc12. The van der Waals surface area contributed by atoms with Crippen molar-refractivity contribution in [3.05, 3.63) is 46.6 Å². The Labute approximate surface area is 106 Å². The highest BCUT2D eigenvalue weighted by molar-refractivity contribution is 9.10. The first-order valence-electron chi connectivity index (χ1n) is 5.19. The van der Waals surface area contributed by atoms with Crippen molar-refractivity contribution in [2.75, 3.05) is 0 Å². The van der Waals surface area contributed by atoms with Crippen LogP contribution in [0.2, 0.25) is 0 Å². The third-order valence-corrected chi connectivity index (χ3v) is 3.31. The van der Waals surface area contributed by atoms with Crippen molar-refractivity contribution in [2.24, 2.45) is 0 Å². The van der Waals surface area contributed by atoms with Crippen LogP contribution in [0.15, 0.2) is 41.0 Å². The second-order valence-corrected chi connectivity index (χ2v) is 4.61. The molecule has 3 rings (SSSR count). The number of benzene rings is 1. The fourth-order valence-electron chi connectivity index (χ4n) is 1.73. The van der Waals surface area contributed by atoms with Crippen molar-refractivity contribution in [1.82, 2.24) is 19.8 Å². The average Bonchev–Trinajstić information content (AvgIpc) is 2.75. The van der Waals surface area contributed by atoms with Crippen LogP contribution in [0, 0.1) is 6.92 Å². The largest absolute Gasteiger partial charge is 0.192 e. The van der Waals surface area contributed by atoms with Crippen LogP contribution in [0.1, 0.15) is 5.56 Å². The molecule has 17 heavy (non-hydrogen) atoms. The molecule has 0 aliphatic heterocycles. The molecule has 5 heteroatoms. The average molecular weight is 289 g/mol. The zero-order chi connectivity index (χ0) is 11.8. The number of aryl methyl sites for hydroxylation is 1. The van der Waals surface area contributed by atoms with E-state index in [0.29, 0.717) is 0 Å². The highest BCUT2D eigenvalue weighted by Gasteiger charge is 2.12. The molecule has 0 amide bonds. The molecule has 0 spiro atoms. The van der Waals surface area contributed by atoms with E-state index < -0.39 is 0 Å². The number of rotatable bonds is 1. The van der Waals surface area contributed by atoms with E-state index >= 15 is 0 Å². The molecule has 3 aromatic rings. The molecule has 0 unspecified atom stereocenters. The monoisotopic (exact) mass is 288 g/mol. The lowest BCUT2D eigenvalue weighted by Crippen LogP contribution is -1.95. The maximum absolute atomic E-state index is 4.29. The molecule has 0 aliphatic rings. The van der Waals surface area contributed by atoms with Gasteiger partial charge in [-0.05, 0) is 30.7 Å². The van der Waals surface area contributed by atoms with Crippen LogP contribution in [-0.2, 0) is 0 Å². The van der Waals surface area contributed by atoms with Gasteiger partial charge in [0.1, 0.15) is 0 Å². The molecule has 0 fully saturated rings. The van der Waals surface area contributed by atoms with Crippen LogP contribution in [0.25, 0.3) is 17.0 Å². The Morgan fingerprint density at radius 2 is 1.94 bits per heavy atom. The maximum Gasteiger partial charge on any atom is 0.186 e. The third kappa shape index (κ3) is 1.63. The van der Waals surface area contributed by atoms with Crippen LogP contribution >= 0.6 is 15.9 Å². The van der Waals surface area contributed by atoms with E-state index in [4.69, 9.17) is 0 Å². The summed E-state index contributed by atoms with van der Waals surface area (Å²) in [7, 11) is 0. The predicted molar refractivity (Wildman–Crippen MR) is 68.7 cm³/mol. The first kappa shape index (κ1) is 10.4. The molecule has 84 valence electrons. The van der Waals surface area contributed by atoms with Gasteiger partial charge in [-0.2, -0.15) is 9.61 Å². The zero-order valence-corrected chi connectivity index (χ0v) is 10.7. The van der Waals surface area contributed by atoms with Gasteiger partial charge < -0.3 is 0 Å². The fourth-order valence-corrected chi connectivity index (χ4v) is 2.19. The summed E-state index contributed by atoms with van der Waals surface area (Å²) < 4.78 is 2.74. The Kier molecular flexibility index (Phi) is 2.40. The van der Waals surface area contributed by atoms with Crippen LogP contribution in [0.3, 0.4) is 0 Å². The summed E-state index contributed by atoms with van der Waals surface area (Å²) >= 11 is 3.51. The lowest BCUT2D eigenvalue weighted by atomic mass is 10.2. The summed E-state index contributed by atoms with van der Waals surface area (Å²) in [6, 6.07) is 9.83. The molecule has 0 N–H and O–H groups in total. The summed E-state index contributed by atoms with van der Waals surface area (Å²) in [6.45, 7) is 2.00. The Balaban J connectivity index is 2.33. The van der Waals surface area contributed by atoms with Crippen LogP contribution in [0.4, 0.5) is 0 Å². The van der Waals surface area contributed by atoms with E-state index in [-0.39, 0.29) is 0 Å². The van der Waals surface area contributed by atoms with Gasteiger partial charge in [-0.25, -0.2) is 0 Å². The van der Waals surface area contributed by atoms with Crippen LogP contribution < -0.4 is 0 Å². The highest BCUT2D eigenvalue weighted by Crippen LogP contribution is 2.26. The van der Waals surface area contributed by atoms with Crippen molar-refractivity contribution in [3.8, 4) is 11.4 Å². The Morgan fingerprint density at radius 1 is 1.12 bits per heavy atom. The zero-order valence-electron chi connectivity index (χ0n) is 9.13. The Morgan fingerprint density at radius 3 is 2.76 bits per heavy atom. The van der Waals surface area contributed by atoms with Gasteiger partial charge in [-0.3, -0.25) is 0 Å². The van der Waals surface area contributed by atoms with E-state index in [2.05, 4.69) is 31.2 Å². The number of aromatic nitrogens is 4. The molecule has 0 atom stereocenters. The lowest BCUT2D eigenvalue weighted by molar-refractivity contribution is 0.928. The fraction of sp³-hybridized carbons (Fsp3) is 0.0833. The maximum atomic E-state index is 4.29. The van der Waals surface area contributed by atoms with Gasteiger partial charge in [-0.1, -0.05) is 28.1 Å². The number of hydrogen-bond donors (Lipinski definition) is 0. The normalized spacial score (nSPS) is 10.9. The van der Waals surface area contributed by atoms with E-state index in [1.807, 2.05) is 37.3 Å². The Bertz CT molecular complexity index is 690. The summed E-state index contributed by atoms with van der Waals surface area (Å²) in [5.74, 6) is 0.746. The molecule has 0 radical (unpaired) electrons. The second kappa shape index (κ2) is 3.92. The number of hydrogen-bond acceptors (Lipinski definition) is 3. The molecule has 0 bridgehead atoms. The van der Waals surface area contributed by atoms with Crippen molar-refractivity contribution >= 4 is 21.6 Å². The minimum absolute atomic E-state index is 0.746. The van der Waals surface area contributed by atoms with Crippen molar-refractivity contribution in [3.63, 3.8) is 0 Å². The minimum atomic E-state index is 0.746.